The molecule has 0 spiro atoms. The molecule has 13 heteroatoms. The van der Waals surface area contributed by atoms with Crippen LogP contribution in [0.5, 0.6) is 5.75 Å². The van der Waals surface area contributed by atoms with Gasteiger partial charge in [-0.3, -0.25) is 9.85 Å². The number of hydrazine groups is 1. The molecule has 1 fully saturated rings. The van der Waals surface area contributed by atoms with Crippen LogP contribution in [0.3, 0.4) is 0 Å². The summed E-state index contributed by atoms with van der Waals surface area (Å²) in [6, 6.07) is 8.04. The molecule has 1 aliphatic rings. The van der Waals surface area contributed by atoms with Gasteiger partial charge in [0, 0.05) is 20.3 Å². The number of halogens is 4. The van der Waals surface area contributed by atoms with E-state index < -0.39 is 27.9 Å². The molecule has 0 radical (unpaired) electrons. The lowest BCUT2D eigenvalue weighted by Gasteiger charge is -2.32. The lowest BCUT2D eigenvalue weighted by Crippen LogP contribution is -2.48. The third-order valence-electron chi connectivity index (χ3n) is 5.27. The lowest BCUT2D eigenvalue weighted by molar-refractivity contribution is -0.146. The SMILES string of the molecule is COc1ccc([C@@H]2C[C@H](CN(N(C)c3ncc(C(F)(F)F)cc3Cl)S(C)(=O)=O)ON2C)cc1. The largest absolute Gasteiger partial charge is 0.497 e. The fourth-order valence-electron chi connectivity index (χ4n) is 3.61. The first-order chi connectivity index (χ1) is 15.3. The van der Waals surface area contributed by atoms with Crippen LogP contribution >= 0.6 is 11.6 Å². The molecule has 0 bridgehead atoms. The number of methoxy groups -OCH3 is 1. The van der Waals surface area contributed by atoms with Gasteiger partial charge in [0.1, 0.15) is 5.75 Å². The summed E-state index contributed by atoms with van der Waals surface area (Å²) in [7, 11) is 0.844. The van der Waals surface area contributed by atoms with Crippen LogP contribution in [0.4, 0.5) is 19.0 Å². The zero-order chi connectivity index (χ0) is 24.6. The predicted molar refractivity (Wildman–Crippen MR) is 117 cm³/mol. The molecule has 0 amide bonds. The van der Waals surface area contributed by atoms with Crippen molar-refractivity contribution in [3.63, 3.8) is 0 Å². The number of alkyl halides is 3. The van der Waals surface area contributed by atoms with Gasteiger partial charge in [0.15, 0.2) is 5.82 Å². The van der Waals surface area contributed by atoms with Crippen molar-refractivity contribution in [2.24, 2.45) is 0 Å². The Balaban J connectivity index is 1.80. The molecule has 1 aromatic carbocycles. The quantitative estimate of drug-likeness (QED) is 0.527. The second-order valence-electron chi connectivity index (χ2n) is 7.62. The zero-order valence-corrected chi connectivity index (χ0v) is 19.9. The minimum absolute atomic E-state index is 0.0919. The molecule has 0 aliphatic carbocycles. The zero-order valence-electron chi connectivity index (χ0n) is 18.4. The lowest BCUT2D eigenvalue weighted by atomic mass is 10.0. The maximum Gasteiger partial charge on any atom is 0.417 e. The molecular weight excluding hydrogens is 485 g/mol. The molecule has 0 saturated carbocycles. The van der Waals surface area contributed by atoms with Gasteiger partial charge in [0.25, 0.3) is 0 Å². The van der Waals surface area contributed by atoms with Crippen molar-refractivity contribution < 1.29 is 31.2 Å². The number of hydrogen-bond acceptors (Lipinski definition) is 7. The van der Waals surface area contributed by atoms with Crippen LogP contribution in [-0.4, -0.2) is 63.0 Å². The van der Waals surface area contributed by atoms with E-state index in [0.717, 1.165) is 21.2 Å². The molecule has 0 N–H and O–H groups in total. The Morgan fingerprint density at radius 2 is 1.94 bits per heavy atom. The number of anilines is 1. The number of hydroxylamine groups is 2. The van der Waals surface area contributed by atoms with Gasteiger partial charge in [-0.15, -0.1) is 4.41 Å². The number of sulfonamides is 1. The highest BCUT2D eigenvalue weighted by molar-refractivity contribution is 7.88. The van der Waals surface area contributed by atoms with E-state index in [1.54, 1.807) is 19.2 Å². The van der Waals surface area contributed by atoms with E-state index in [0.29, 0.717) is 24.4 Å². The molecule has 2 atom stereocenters. The number of nitrogens with zero attached hydrogens (tertiary/aromatic N) is 4. The van der Waals surface area contributed by atoms with Gasteiger partial charge in [0.05, 0.1) is 42.6 Å². The minimum atomic E-state index is -4.62. The van der Waals surface area contributed by atoms with Crippen molar-refractivity contribution in [1.29, 1.82) is 0 Å². The van der Waals surface area contributed by atoms with Gasteiger partial charge in [-0.1, -0.05) is 23.7 Å². The van der Waals surface area contributed by atoms with Crippen LogP contribution in [0.15, 0.2) is 36.5 Å². The summed E-state index contributed by atoms with van der Waals surface area (Å²) in [5.74, 6) is 0.579. The van der Waals surface area contributed by atoms with Gasteiger partial charge in [-0.2, -0.15) is 18.2 Å². The summed E-state index contributed by atoms with van der Waals surface area (Å²) < 4.78 is 70.0. The molecule has 33 heavy (non-hydrogen) atoms. The fourth-order valence-corrected chi connectivity index (χ4v) is 4.86. The Morgan fingerprint density at radius 3 is 2.45 bits per heavy atom. The van der Waals surface area contributed by atoms with Crippen molar-refractivity contribution in [3.8, 4) is 5.75 Å². The third kappa shape index (κ3) is 5.87. The Labute approximate surface area is 195 Å². The first-order valence-electron chi connectivity index (χ1n) is 9.79. The maximum atomic E-state index is 12.9. The summed E-state index contributed by atoms with van der Waals surface area (Å²) in [4.78, 5) is 9.61. The summed E-state index contributed by atoms with van der Waals surface area (Å²) in [5, 5.41) is 2.43. The van der Waals surface area contributed by atoms with Gasteiger partial charge in [-0.25, -0.2) is 13.4 Å². The second-order valence-corrected chi connectivity index (χ2v) is 9.91. The topological polar surface area (TPSA) is 75.2 Å². The fraction of sp³-hybridized carbons (Fsp3) is 0.450. The van der Waals surface area contributed by atoms with E-state index in [1.165, 1.54) is 7.05 Å². The monoisotopic (exact) mass is 508 g/mol. The minimum Gasteiger partial charge on any atom is -0.497 e. The molecular formula is C20H24ClF3N4O4S. The number of aromatic nitrogens is 1. The van der Waals surface area contributed by atoms with E-state index in [-0.39, 0.29) is 23.4 Å². The normalized spacial score (nSPS) is 19.8. The van der Waals surface area contributed by atoms with E-state index in [1.807, 2.05) is 24.3 Å². The van der Waals surface area contributed by atoms with Gasteiger partial charge in [0.2, 0.25) is 10.0 Å². The second kappa shape index (κ2) is 9.63. The number of rotatable bonds is 7. The first-order valence-corrected chi connectivity index (χ1v) is 12.0. The molecule has 1 aliphatic heterocycles. The molecule has 182 valence electrons. The molecule has 0 unspecified atom stereocenters. The molecule has 1 saturated heterocycles. The van der Waals surface area contributed by atoms with Crippen LogP contribution in [0.25, 0.3) is 0 Å². The van der Waals surface area contributed by atoms with Crippen LogP contribution in [0.1, 0.15) is 23.6 Å². The van der Waals surface area contributed by atoms with E-state index in [4.69, 9.17) is 21.2 Å². The van der Waals surface area contributed by atoms with Crippen molar-refractivity contribution in [2.45, 2.75) is 24.7 Å². The Hall–Kier alpha value is -2.12. The van der Waals surface area contributed by atoms with Gasteiger partial charge < -0.3 is 4.74 Å². The molecule has 1 aromatic heterocycles. The smallest absolute Gasteiger partial charge is 0.417 e. The van der Waals surface area contributed by atoms with Crippen molar-refractivity contribution >= 4 is 27.4 Å². The Morgan fingerprint density at radius 1 is 1.30 bits per heavy atom. The van der Waals surface area contributed by atoms with E-state index >= 15 is 0 Å². The molecule has 8 nitrogen and oxygen atoms in total. The summed E-state index contributed by atoms with van der Waals surface area (Å²) in [6.07, 6.45) is -3.06. The average molecular weight is 509 g/mol. The number of pyridine rings is 1. The van der Waals surface area contributed by atoms with E-state index in [9.17, 15) is 21.6 Å². The Bertz CT molecular complexity index is 1090. The van der Waals surface area contributed by atoms with Gasteiger partial charge >= 0.3 is 6.18 Å². The van der Waals surface area contributed by atoms with Crippen molar-refractivity contribution in [3.05, 3.63) is 52.7 Å². The molecule has 3 rings (SSSR count). The third-order valence-corrected chi connectivity index (χ3v) is 6.71. The molecule has 2 aromatic rings. The van der Waals surface area contributed by atoms with Gasteiger partial charge in [-0.05, 0) is 30.2 Å². The van der Waals surface area contributed by atoms with Crippen LogP contribution < -0.4 is 9.75 Å². The summed E-state index contributed by atoms with van der Waals surface area (Å²) in [5.41, 5.74) is -0.0637. The van der Waals surface area contributed by atoms with Crippen molar-refractivity contribution in [1.82, 2.24) is 14.5 Å². The maximum absolute atomic E-state index is 12.9. The number of hydrogen-bond donors (Lipinski definition) is 0. The predicted octanol–water partition coefficient (Wildman–Crippen LogP) is 3.75. The highest BCUT2D eigenvalue weighted by atomic mass is 35.5. The van der Waals surface area contributed by atoms with Crippen LogP contribution in [0, 0.1) is 0 Å². The summed E-state index contributed by atoms with van der Waals surface area (Å²) in [6.45, 7) is -0.0919. The van der Waals surface area contributed by atoms with E-state index in [2.05, 4.69) is 4.98 Å². The average Bonchev–Trinajstić information content (AvgIpc) is 3.10. The summed E-state index contributed by atoms with van der Waals surface area (Å²) >= 11 is 6.02. The van der Waals surface area contributed by atoms with Crippen LogP contribution in [0.2, 0.25) is 5.02 Å². The number of ether oxygens (including phenoxy) is 1. The Kier molecular flexibility index (Phi) is 7.44. The number of benzene rings is 1. The standard InChI is InChI=1S/C20H24ClF3N4O4S/c1-26(19-17(21)9-14(11-25-19)20(22,23)24)28(33(4,29)30)12-16-10-18(27(2)32-16)13-5-7-15(31-3)8-6-13/h5-9,11,16,18H,10,12H2,1-4H3/t16-,18+/m1/s1. The highest BCUT2D eigenvalue weighted by Gasteiger charge is 2.37. The van der Waals surface area contributed by atoms with Crippen LogP contribution in [-0.2, 0) is 21.0 Å². The molecule has 2 heterocycles. The first kappa shape index (κ1) is 25.5. The van der Waals surface area contributed by atoms with Crippen molar-refractivity contribution in [2.75, 3.05) is 39.0 Å². The highest BCUT2D eigenvalue weighted by Crippen LogP contribution is 2.36.